The molecule has 0 spiro atoms. The van der Waals surface area contributed by atoms with Crippen LogP contribution in [0, 0.1) is 5.92 Å². The lowest BCUT2D eigenvalue weighted by molar-refractivity contribution is 0.425. The summed E-state index contributed by atoms with van der Waals surface area (Å²) in [6.07, 6.45) is 6.17. The van der Waals surface area contributed by atoms with E-state index >= 15 is 0 Å². The monoisotopic (exact) mass is 186 g/mol. The molecule has 4 N–H and O–H groups in total. The Morgan fingerprint density at radius 1 is 0.846 bits per heavy atom. The SMILES string of the molecule is CC(N)CCCCC(C)CC(C)N. The zero-order valence-electron chi connectivity index (χ0n) is 9.42. The maximum Gasteiger partial charge on any atom is 0.00130 e. The van der Waals surface area contributed by atoms with Gasteiger partial charge >= 0.3 is 0 Å². The van der Waals surface area contributed by atoms with Crippen molar-refractivity contribution in [3.8, 4) is 0 Å². The molecule has 3 unspecified atom stereocenters. The molecule has 0 rings (SSSR count). The van der Waals surface area contributed by atoms with E-state index < -0.39 is 0 Å². The predicted octanol–water partition coefficient (Wildman–Crippen LogP) is 2.27. The van der Waals surface area contributed by atoms with Crippen LogP contribution in [0.4, 0.5) is 0 Å². The van der Waals surface area contributed by atoms with E-state index in [-0.39, 0.29) is 0 Å². The topological polar surface area (TPSA) is 52.0 Å². The third-order valence-electron chi connectivity index (χ3n) is 2.38. The summed E-state index contributed by atoms with van der Waals surface area (Å²) in [7, 11) is 0. The molecule has 0 heterocycles. The molecule has 0 aliphatic heterocycles. The first kappa shape index (κ1) is 12.9. The average molecular weight is 186 g/mol. The Hall–Kier alpha value is -0.0800. The second-order valence-electron chi connectivity index (χ2n) is 4.58. The molecule has 0 radical (unpaired) electrons. The highest BCUT2D eigenvalue weighted by atomic mass is 14.6. The van der Waals surface area contributed by atoms with Crippen molar-refractivity contribution in [2.24, 2.45) is 17.4 Å². The lowest BCUT2D eigenvalue weighted by atomic mass is 9.96. The molecule has 0 bridgehead atoms. The van der Waals surface area contributed by atoms with Gasteiger partial charge in [0.05, 0.1) is 0 Å². The van der Waals surface area contributed by atoms with Crippen molar-refractivity contribution in [3.63, 3.8) is 0 Å². The number of nitrogens with two attached hydrogens (primary N) is 2. The van der Waals surface area contributed by atoms with E-state index in [0.717, 1.165) is 18.8 Å². The molecule has 0 aromatic carbocycles. The smallest absolute Gasteiger partial charge is 0.00130 e. The first-order chi connectivity index (χ1) is 6.02. The van der Waals surface area contributed by atoms with Gasteiger partial charge in [-0.15, -0.1) is 0 Å². The summed E-state index contributed by atoms with van der Waals surface area (Å²) >= 11 is 0. The van der Waals surface area contributed by atoms with Crippen molar-refractivity contribution in [3.05, 3.63) is 0 Å². The van der Waals surface area contributed by atoms with Gasteiger partial charge in [0, 0.05) is 12.1 Å². The first-order valence-corrected chi connectivity index (χ1v) is 5.53. The van der Waals surface area contributed by atoms with Crippen LogP contribution in [0.1, 0.15) is 52.9 Å². The lowest BCUT2D eigenvalue weighted by Gasteiger charge is -2.13. The van der Waals surface area contributed by atoms with Crippen molar-refractivity contribution < 1.29 is 0 Å². The minimum atomic E-state index is 0.350. The number of hydrogen-bond donors (Lipinski definition) is 2. The number of hydrogen-bond acceptors (Lipinski definition) is 2. The van der Waals surface area contributed by atoms with Crippen molar-refractivity contribution in [1.29, 1.82) is 0 Å². The standard InChI is InChI=1S/C11H26N2/c1-9(8-11(3)13)6-4-5-7-10(2)12/h9-11H,4-8,12-13H2,1-3H3. The molecule has 0 saturated heterocycles. The molecule has 0 aliphatic carbocycles. The Kier molecular flexibility index (Phi) is 7.29. The largest absolute Gasteiger partial charge is 0.328 e. The van der Waals surface area contributed by atoms with E-state index in [9.17, 15) is 0 Å². The Bertz CT molecular complexity index is 111. The van der Waals surface area contributed by atoms with Crippen LogP contribution in [0.5, 0.6) is 0 Å². The average Bonchev–Trinajstić information content (AvgIpc) is 1.96. The van der Waals surface area contributed by atoms with Gasteiger partial charge in [-0.2, -0.15) is 0 Å². The van der Waals surface area contributed by atoms with Gasteiger partial charge in [0.2, 0.25) is 0 Å². The van der Waals surface area contributed by atoms with E-state index in [4.69, 9.17) is 11.5 Å². The van der Waals surface area contributed by atoms with Gasteiger partial charge in [-0.25, -0.2) is 0 Å². The summed E-state index contributed by atoms with van der Waals surface area (Å²) in [6.45, 7) is 6.44. The summed E-state index contributed by atoms with van der Waals surface area (Å²) in [5.41, 5.74) is 11.4. The van der Waals surface area contributed by atoms with E-state index in [1.54, 1.807) is 0 Å². The Morgan fingerprint density at radius 2 is 1.38 bits per heavy atom. The highest BCUT2D eigenvalue weighted by Gasteiger charge is 2.04. The summed E-state index contributed by atoms with van der Waals surface area (Å²) in [6, 6.07) is 0.715. The highest BCUT2D eigenvalue weighted by molar-refractivity contribution is 4.61. The third kappa shape index (κ3) is 9.84. The summed E-state index contributed by atoms with van der Waals surface area (Å²) < 4.78 is 0. The van der Waals surface area contributed by atoms with Gasteiger partial charge in [0.25, 0.3) is 0 Å². The van der Waals surface area contributed by atoms with E-state index in [0.29, 0.717) is 12.1 Å². The molecule has 0 saturated carbocycles. The van der Waals surface area contributed by atoms with Crippen molar-refractivity contribution >= 4 is 0 Å². The predicted molar refractivity (Wildman–Crippen MR) is 59.5 cm³/mol. The fourth-order valence-electron chi connectivity index (χ4n) is 1.71. The second-order valence-corrected chi connectivity index (χ2v) is 4.58. The lowest BCUT2D eigenvalue weighted by Crippen LogP contribution is -2.18. The molecule has 80 valence electrons. The van der Waals surface area contributed by atoms with Crippen LogP contribution in [0.25, 0.3) is 0 Å². The summed E-state index contributed by atoms with van der Waals surface area (Å²) in [5.74, 6) is 0.771. The molecule has 2 nitrogen and oxygen atoms in total. The van der Waals surface area contributed by atoms with E-state index in [1.807, 2.05) is 0 Å². The molecular formula is C11H26N2. The zero-order valence-corrected chi connectivity index (χ0v) is 9.42. The van der Waals surface area contributed by atoms with Gasteiger partial charge in [0.1, 0.15) is 0 Å². The number of rotatable bonds is 7. The fourth-order valence-corrected chi connectivity index (χ4v) is 1.71. The van der Waals surface area contributed by atoms with Crippen molar-refractivity contribution in [2.75, 3.05) is 0 Å². The molecule has 0 fully saturated rings. The van der Waals surface area contributed by atoms with Crippen LogP contribution < -0.4 is 11.5 Å². The molecule has 0 aliphatic rings. The van der Waals surface area contributed by atoms with Gasteiger partial charge in [-0.05, 0) is 32.6 Å². The third-order valence-corrected chi connectivity index (χ3v) is 2.38. The highest BCUT2D eigenvalue weighted by Crippen LogP contribution is 2.14. The normalized spacial score (nSPS) is 18.2. The number of unbranched alkanes of at least 4 members (excludes halogenated alkanes) is 1. The van der Waals surface area contributed by atoms with Crippen LogP contribution in [-0.2, 0) is 0 Å². The van der Waals surface area contributed by atoms with Gasteiger partial charge in [0.15, 0.2) is 0 Å². The molecule has 0 aromatic rings. The van der Waals surface area contributed by atoms with Crippen molar-refractivity contribution in [2.45, 2.75) is 65.0 Å². The van der Waals surface area contributed by atoms with Crippen LogP contribution in [0.2, 0.25) is 0 Å². The summed E-state index contributed by atoms with van der Waals surface area (Å²) in [4.78, 5) is 0. The quantitative estimate of drug-likeness (QED) is 0.599. The van der Waals surface area contributed by atoms with Crippen LogP contribution in [0.3, 0.4) is 0 Å². The molecular weight excluding hydrogens is 160 g/mol. The second kappa shape index (κ2) is 7.34. The molecule has 3 atom stereocenters. The minimum Gasteiger partial charge on any atom is -0.328 e. The maximum atomic E-state index is 5.73. The zero-order chi connectivity index (χ0) is 10.3. The molecule has 0 amide bonds. The minimum absolute atomic E-state index is 0.350. The Balaban J connectivity index is 3.22. The van der Waals surface area contributed by atoms with Crippen LogP contribution in [0.15, 0.2) is 0 Å². The van der Waals surface area contributed by atoms with Crippen LogP contribution in [-0.4, -0.2) is 12.1 Å². The summed E-state index contributed by atoms with van der Waals surface area (Å²) in [5, 5.41) is 0. The Labute approximate surface area is 83.1 Å². The molecule has 13 heavy (non-hydrogen) atoms. The molecule has 2 heteroatoms. The van der Waals surface area contributed by atoms with E-state index in [2.05, 4.69) is 20.8 Å². The van der Waals surface area contributed by atoms with Crippen LogP contribution >= 0.6 is 0 Å². The van der Waals surface area contributed by atoms with Gasteiger partial charge in [-0.3, -0.25) is 0 Å². The maximum absolute atomic E-state index is 5.73. The van der Waals surface area contributed by atoms with Gasteiger partial charge in [-0.1, -0.05) is 26.2 Å². The molecule has 0 aromatic heterocycles. The first-order valence-electron chi connectivity index (χ1n) is 5.53. The van der Waals surface area contributed by atoms with E-state index in [1.165, 1.54) is 19.3 Å². The Morgan fingerprint density at radius 3 is 1.85 bits per heavy atom. The fraction of sp³-hybridized carbons (Fsp3) is 1.00. The van der Waals surface area contributed by atoms with Crippen molar-refractivity contribution in [1.82, 2.24) is 0 Å². The van der Waals surface area contributed by atoms with Gasteiger partial charge < -0.3 is 11.5 Å².